The molecule has 5 nitrogen and oxygen atoms in total. The zero-order valence-electron chi connectivity index (χ0n) is 14.1. The molecule has 0 aliphatic carbocycles. The summed E-state index contributed by atoms with van der Waals surface area (Å²) < 4.78 is 60.3. The number of hydrogen-bond acceptors (Lipinski definition) is 4. The van der Waals surface area contributed by atoms with Gasteiger partial charge in [0.25, 0.3) is 0 Å². The van der Waals surface area contributed by atoms with E-state index in [4.69, 9.17) is 4.74 Å². The van der Waals surface area contributed by atoms with Crippen LogP contribution >= 0.6 is 0 Å². The van der Waals surface area contributed by atoms with E-state index in [9.17, 15) is 17.2 Å². The maximum absolute atomic E-state index is 14.0. The third-order valence-corrected chi connectivity index (χ3v) is 5.73. The van der Waals surface area contributed by atoms with Gasteiger partial charge in [-0.05, 0) is 17.7 Å². The van der Waals surface area contributed by atoms with Crippen molar-refractivity contribution < 1.29 is 21.9 Å². The van der Waals surface area contributed by atoms with Gasteiger partial charge in [-0.15, -0.1) is 0 Å². The summed E-state index contributed by atoms with van der Waals surface area (Å²) in [6.07, 6.45) is 0. The van der Waals surface area contributed by atoms with Gasteiger partial charge in [0.05, 0.1) is 19.3 Å². The molecule has 0 saturated carbocycles. The molecule has 1 N–H and O–H groups in total. The van der Waals surface area contributed by atoms with Crippen LogP contribution in [0, 0.1) is 11.6 Å². The van der Waals surface area contributed by atoms with Crippen LogP contribution in [0.3, 0.4) is 0 Å². The Kier molecular flexibility index (Phi) is 5.98. The fourth-order valence-electron chi connectivity index (χ4n) is 2.88. The highest BCUT2D eigenvalue weighted by atomic mass is 32.2. The lowest BCUT2D eigenvalue weighted by Crippen LogP contribution is -2.43. The normalized spacial score (nSPS) is 17.2. The van der Waals surface area contributed by atoms with Crippen LogP contribution in [0.25, 0.3) is 0 Å². The largest absolute Gasteiger partial charge is 0.379 e. The zero-order valence-corrected chi connectivity index (χ0v) is 14.9. The Morgan fingerprint density at radius 3 is 2.42 bits per heavy atom. The molecule has 1 aliphatic heterocycles. The highest BCUT2D eigenvalue weighted by Crippen LogP contribution is 2.21. The molecule has 140 valence electrons. The summed E-state index contributed by atoms with van der Waals surface area (Å²) in [5, 5.41) is 0. The van der Waals surface area contributed by atoms with E-state index in [1.54, 1.807) is 0 Å². The topological polar surface area (TPSA) is 58.6 Å². The van der Waals surface area contributed by atoms with E-state index in [0.717, 1.165) is 17.7 Å². The number of ether oxygens (including phenoxy) is 1. The second kappa shape index (κ2) is 8.22. The van der Waals surface area contributed by atoms with Crippen molar-refractivity contribution in [3.8, 4) is 0 Å². The highest BCUT2D eigenvalue weighted by Gasteiger charge is 2.26. The highest BCUT2D eigenvalue weighted by molar-refractivity contribution is 7.89. The van der Waals surface area contributed by atoms with Gasteiger partial charge in [0, 0.05) is 25.7 Å². The average Bonchev–Trinajstić information content (AvgIpc) is 2.62. The predicted molar refractivity (Wildman–Crippen MR) is 93.1 cm³/mol. The van der Waals surface area contributed by atoms with Crippen molar-refractivity contribution in [2.75, 3.05) is 32.8 Å². The van der Waals surface area contributed by atoms with E-state index in [-0.39, 0.29) is 0 Å². The molecule has 1 saturated heterocycles. The number of hydrogen-bond donors (Lipinski definition) is 1. The molecule has 0 amide bonds. The molecule has 1 atom stereocenters. The SMILES string of the molecule is O=S(=O)(N[C@H](CN1CCOCC1)c1ccccc1)c1ccc(F)cc1F. The van der Waals surface area contributed by atoms with Gasteiger partial charge in [-0.25, -0.2) is 21.9 Å². The smallest absolute Gasteiger partial charge is 0.244 e. The number of morpholine rings is 1. The van der Waals surface area contributed by atoms with Gasteiger partial charge in [0.15, 0.2) is 0 Å². The summed E-state index contributed by atoms with van der Waals surface area (Å²) in [5.74, 6) is -1.94. The molecule has 0 unspecified atom stereocenters. The summed E-state index contributed by atoms with van der Waals surface area (Å²) in [5.41, 5.74) is 0.769. The molecule has 1 heterocycles. The number of nitrogens with zero attached hydrogens (tertiary/aromatic N) is 1. The molecule has 1 fully saturated rings. The van der Waals surface area contributed by atoms with E-state index < -0.39 is 32.6 Å². The fourth-order valence-corrected chi connectivity index (χ4v) is 4.16. The molecule has 0 aromatic heterocycles. The predicted octanol–water partition coefficient (Wildman–Crippen LogP) is 2.32. The number of halogens is 2. The Balaban J connectivity index is 1.86. The van der Waals surface area contributed by atoms with Gasteiger partial charge in [-0.2, -0.15) is 0 Å². The standard InChI is InChI=1S/C18H20F2N2O3S/c19-15-6-7-18(16(20)12-15)26(23,24)21-17(14-4-2-1-3-5-14)13-22-8-10-25-11-9-22/h1-7,12,17,21H,8-11,13H2/t17-/m1/s1. The second-order valence-corrected chi connectivity index (χ2v) is 7.75. The van der Waals surface area contributed by atoms with E-state index in [1.807, 2.05) is 30.3 Å². The Bertz CT molecular complexity index is 841. The fraction of sp³-hybridized carbons (Fsp3) is 0.333. The molecule has 0 radical (unpaired) electrons. The first kappa shape index (κ1) is 18.9. The summed E-state index contributed by atoms with van der Waals surface area (Å²) in [4.78, 5) is 1.52. The van der Waals surface area contributed by atoms with Crippen LogP contribution in [0.15, 0.2) is 53.4 Å². The lowest BCUT2D eigenvalue weighted by atomic mass is 10.1. The average molecular weight is 382 g/mol. The van der Waals surface area contributed by atoms with Crippen molar-refractivity contribution in [2.45, 2.75) is 10.9 Å². The molecule has 1 aliphatic rings. The van der Waals surface area contributed by atoms with Crippen LogP contribution in [-0.2, 0) is 14.8 Å². The van der Waals surface area contributed by atoms with E-state index >= 15 is 0 Å². The Morgan fingerprint density at radius 2 is 1.77 bits per heavy atom. The van der Waals surface area contributed by atoms with Gasteiger partial charge in [0.2, 0.25) is 10.0 Å². The zero-order chi connectivity index (χ0) is 18.6. The van der Waals surface area contributed by atoms with E-state index in [0.29, 0.717) is 38.9 Å². The van der Waals surface area contributed by atoms with Crippen LogP contribution in [0.2, 0.25) is 0 Å². The molecule has 2 aromatic carbocycles. The summed E-state index contributed by atoms with van der Waals surface area (Å²) in [6, 6.07) is 11.0. The van der Waals surface area contributed by atoms with Crippen molar-refractivity contribution >= 4 is 10.0 Å². The molecule has 2 aromatic rings. The van der Waals surface area contributed by atoms with Crippen LogP contribution in [0.4, 0.5) is 8.78 Å². The van der Waals surface area contributed by atoms with Crippen molar-refractivity contribution in [1.29, 1.82) is 0 Å². The van der Waals surface area contributed by atoms with Crippen LogP contribution < -0.4 is 4.72 Å². The summed E-state index contributed by atoms with van der Waals surface area (Å²) in [7, 11) is -4.16. The molecule has 0 bridgehead atoms. The first-order valence-electron chi connectivity index (χ1n) is 8.28. The van der Waals surface area contributed by atoms with Gasteiger partial charge < -0.3 is 4.74 Å². The maximum Gasteiger partial charge on any atom is 0.244 e. The lowest BCUT2D eigenvalue weighted by Gasteiger charge is -2.31. The van der Waals surface area contributed by atoms with Crippen molar-refractivity contribution in [2.24, 2.45) is 0 Å². The van der Waals surface area contributed by atoms with Crippen LogP contribution in [-0.4, -0.2) is 46.2 Å². The molecule has 3 rings (SSSR count). The van der Waals surface area contributed by atoms with Crippen molar-refractivity contribution in [3.05, 3.63) is 65.7 Å². The lowest BCUT2D eigenvalue weighted by molar-refractivity contribution is 0.0345. The van der Waals surface area contributed by atoms with Gasteiger partial charge >= 0.3 is 0 Å². The van der Waals surface area contributed by atoms with Crippen LogP contribution in [0.5, 0.6) is 0 Å². The Labute approximate surface area is 151 Å². The van der Waals surface area contributed by atoms with Gasteiger partial charge in [0.1, 0.15) is 16.5 Å². The van der Waals surface area contributed by atoms with E-state index in [2.05, 4.69) is 9.62 Å². The van der Waals surface area contributed by atoms with Gasteiger partial charge in [-0.1, -0.05) is 30.3 Å². The van der Waals surface area contributed by atoms with Crippen molar-refractivity contribution in [3.63, 3.8) is 0 Å². The molecular weight excluding hydrogens is 362 g/mol. The molecular formula is C18H20F2N2O3S. The number of rotatable bonds is 6. The second-order valence-electron chi connectivity index (χ2n) is 6.07. The quantitative estimate of drug-likeness (QED) is 0.833. The minimum absolute atomic E-state index is 0.426. The van der Waals surface area contributed by atoms with E-state index in [1.165, 1.54) is 0 Å². The Hall–Kier alpha value is -1.87. The molecule has 26 heavy (non-hydrogen) atoms. The number of nitrogens with one attached hydrogen (secondary N) is 1. The first-order chi connectivity index (χ1) is 12.5. The maximum atomic E-state index is 14.0. The van der Waals surface area contributed by atoms with Crippen LogP contribution in [0.1, 0.15) is 11.6 Å². The van der Waals surface area contributed by atoms with Gasteiger partial charge in [-0.3, -0.25) is 4.90 Å². The third kappa shape index (κ3) is 4.64. The monoisotopic (exact) mass is 382 g/mol. The Morgan fingerprint density at radius 1 is 1.08 bits per heavy atom. The minimum Gasteiger partial charge on any atom is -0.379 e. The minimum atomic E-state index is -4.16. The summed E-state index contributed by atoms with van der Waals surface area (Å²) >= 11 is 0. The number of benzene rings is 2. The number of sulfonamides is 1. The van der Waals surface area contributed by atoms with Crippen molar-refractivity contribution in [1.82, 2.24) is 9.62 Å². The third-order valence-electron chi connectivity index (χ3n) is 4.23. The molecule has 0 spiro atoms. The summed E-state index contributed by atoms with van der Waals surface area (Å²) in [6.45, 7) is 2.98. The molecule has 8 heteroatoms. The first-order valence-corrected chi connectivity index (χ1v) is 9.76.